The lowest BCUT2D eigenvalue weighted by Gasteiger charge is -2.26. The lowest BCUT2D eigenvalue weighted by atomic mass is 10.0. The maximum absolute atomic E-state index is 5.87. The molecule has 1 unspecified atom stereocenters. The summed E-state index contributed by atoms with van der Waals surface area (Å²) in [6.07, 6.45) is 0.885. The summed E-state index contributed by atoms with van der Waals surface area (Å²) in [6, 6.07) is 8.37. The van der Waals surface area contributed by atoms with Crippen molar-refractivity contribution < 1.29 is 4.74 Å². The molecule has 1 fully saturated rings. The molecular weight excluding hydrogens is 266 g/mol. The topological polar surface area (TPSA) is 21.3 Å². The van der Waals surface area contributed by atoms with Crippen LogP contribution in [-0.2, 0) is 11.2 Å². The number of benzene rings is 1. The van der Waals surface area contributed by atoms with Crippen molar-refractivity contribution in [2.75, 3.05) is 6.61 Å². The van der Waals surface area contributed by atoms with Crippen molar-refractivity contribution in [3.8, 4) is 0 Å². The number of halogens is 1. The number of hydrogen-bond acceptors (Lipinski definition) is 2. The molecule has 0 bridgehead atoms. The van der Waals surface area contributed by atoms with Gasteiger partial charge in [0.2, 0.25) is 0 Å². The van der Waals surface area contributed by atoms with Crippen LogP contribution in [0.15, 0.2) is 28.7 Å². The van der Waals surface area contributed by atoms with Gasteiger partial charge in [-0.3, -0.25) is 5.32 Å². The first-order chi connectivity index (χ1) is 7.39. The summed E-state index contributed by atoms with van der Waals surface area (Å²) in [5.74, 6) is 0. The smallest absolute Gasteiger partial charge is 0.121 e. The van der Waals surface area contributed by atoms with Crippen LogP contribution in [-0.4, -0.2) is 17.9 Å². The van der Waals surface area contributed by atoms with Gasteiger partial charge >= 0.3 is 0 Å². The van der Waals surface area contributed by atoms with E-state index >= 15 is 0 Å². The average Bonchev–Trinajstić information content (AvgIpc) is 2.40. The normalized spacial score (nSPS) is 28.2. The standard InChI is InChI=1S/C13H18BrNO/c1-12(2)9-16-13(3,15-12)8-10-5-4-6-11(14)7-10/h4-7,15H,8-9H2,1-3H3. The van der Waals surface area contributed by atoms with Gasteiger partial charge in [0.25, 0.3) is 0 Å². The Bertz CT molecular complexity index is 391. The van der Waals surface area contributed by atoms with Crippen molar-refractivity contribution in [2.24, 2.45) is 0 Å². The molecule has 1 N–H and O–H groups in total. The number of nitrogens with one attached hydrogen (secondary N) is 1. The molecular formula is C13H18BrNO. The molecule has 3 heteroatoms. The zero-order chi connectivity index (χ0) is 11.8. The van der Waals surface area contributed by atoms with Crippen LogP contribution >= 0.6 is 15.9 Å². The Morgan fingerprint density at radius 1 is 1.38 bits per heavy atom. The molecule has 2 rings (SSSR count). The molecule has 1 atom stereocenters. The van der Waals surface area contributed by atoms with E-state index in [1.807, 2.05) is 6.07 Å². The van der Waals surface area contributed by atoms with Crippen molar-refractivity contribution in [3.05, 3.63) is 34.3 Å². The molecule has 0 saturated carbocycles. The maximum Gasteiger partial charge on any atom is 0.121 e. The van der Waals surface area contributed by atoms with Crippen LogP contribution in [0.5, 0.6) is 0 Å². The molecule has 1 saturated heterocycles. The summed E-state index contributed by atoms with van der Waals surface area (Å²) in [4.78, 5) is 0. The molecule has 1 aromatic carbocycles. The van der Waals surface area contributed by atoms with E-state index in [-0.39, 0.29) is 11.3 Å². The minimum atomic E-state index is -0.246. The molecule has 1 aliphatic heterocycles. The summed E-state index contributed by atoms with van der Waals surface area (Å²) >= 11 is 3.49. The predicted molar refractivity (Wildman–Crippen MR) is 69.4 cm³/mol. The Labute approximate surface area is 106 Å². The van der Waals surface area contributed by atoms with Gasteiger partial charge in [-0.2, -0.15) is 0 Å². The zero-order valence-corrected chi connectivity index (χ0v) is 11.6. The van der Waals surface area contributed by atoms with E-state index in [9.17, 15) is 0 Å². The Hall–Kier alpha value is -0.380. The van der Waals surface area contributed by atoms with E-state index in [1.54, 1.807) is 0 Å². The van der Waals surface area contributed by atoms with E-state index in [1.165, 1.54) is 5.56 Å². The third-order valence-electron chi connectivity index (χ3n) is 2.78. The predicted octanol–water partition coefficient (Wildman–Crippen LogP) is 3.11. The van der Waals surface area contributed by atoms with Crippen LogP contribution in [0.1, 0.15) is 26.3 Å². The molecule has 1 aliphatic rings. The summed E-state index contributed by atoms with van der Waals surface area (Å²) < 4.78 is 6.99. The van der Waals surface area contributed by atoms with Crippen molar-refractivity contribution in [2.45, 2.75) is 38.5 Å². The van der Waals surface area contributed by atoms with Gasteiger partial charge in [0.05, 0.1) is 6.61 Å². The lowest BCUT2D eigenvalue weighted by molar-refractivity contribution is 0.00669. The summed E-state index contributed by atoms with van der Waals surface area (Å²) in [7, 11) is 0. The van der Waals surface area contributed by atoms with Gasteiger partial charge in [-0.15, -0.1) is 0 Å². The molecule has 88 valence electrons. The maximum atomic E-state index is 5.87. The second kappa shape index (κ2) is 4.13. The minimum Gasteiger partial charge on any atom is -0.359 e. The highest BCUT2D eigenvalue weighted by molar-refractivity contribution is 9.10. The van der Waals surface area contributed by atoms with E-state index in [0.717, 1.165) is 17.5 Å². The van der Waals surface area contributed by atoms with Crippen LogP contribution in [0, 0.1) is 0 Å². The Morgan fingerprint density at radius 2 is 2.12 bits per heavy atom. The van der Waals surface area contributed by atoms with E-state index < -0.39 is 0 Å². The van der Waals surface area contributed by atoms with Crippen molar-refractivity contribution in [1.29, 1.82) is 0 Å². The summed E-state index contributed by atoms with van der Waals surface area (Å²) in [5, 5.41) is 3.54. The van der Waals surface area contributed by atoms with Crippen LogP contribution in [0.3, 0.4) is 0 Å². The molecule has 0 spiro atoms. The first kappa shape index (κ1) is 12.1. The lowest BCUT2D eigenvalue weighted by Crippen LogP contribution is -2.47. The van der Waals surface area contributed by atoms with Gasteiger partial charge in [0, 0.05) is 16.4 Å². The van der Waals surface area contributed by atoms with Gasteiger partial charge in [-0.05, 0) is 38.5 Å². The fourth-order valence-corrected chi connectivity index (χ4v) is 2.71. The van der Waals surface area contributed by atoms with Gasteiger partial charge in [0.15, 0.2) is 0 Å². The summed E-state index contributed by atoms with van der Waals surface area (Å²) in [6.45, 7) is 7.21. The number of hydrogen-bond donors (Lipinski definition) is 1. The van der Waals surface area contributed by atoms with Gasteiger partial charge in [-0.25, -0.2) is 0 Å². The van der Waals surface area contributed by atoms with Gasteiger partial charge < -0.3 is 4.74 Å². The highest BCUT2D eigenvalue weighted by atomic mass is 79.9. The molecule has 0 radical (unpaired) electrons. The Kier molecular flexibility index (Phi) is 3.12. The monoisotopic (exact) mass is 283 g/mol. The molecule has 2 nitrogen and oxygen atoms in total. The number of ether oxygens (including phenoxy) is 1. The molecule has 0 amide bonds. The third-order valence-corrected chi connectivity index (χ3v) is 3.28. The van der Waals surface area contributed by atoms with Gasteiger partial charge in [-0.1, -0.05) is 28.1 Å². The third kappa shape index (κ3) is 2.84. The van der Waals surface area contributed by atoms with E-state index in [2.05, 4.69) is 60.2 Å². The Balaban J connectivity index is 2.10. The SMILES string of the molecule is CC1(C)COC(C)(Cc2cccc(Br)c2)N1. The minimum absolute atomic E-state index is 0.0702. The van der Waals surface area contributed by atoms with Crippen molar-refractivity contribution in [1.82, 2.24) is 5.32 Å². The molecule has 1 aromatic rings. The molecule has 0 aliphatic carbocycles. The fourth-order valence-electron chi connectivity index (χ4n) is 2.26. The van der Waals surface area contributed by atoms with Gasteiger partial charge in [0.1, 0.15) is 5.72 Å². The van der Waals surface area contributed by atoms with E-state index in [0.29, 0.717) is 0 Å². The van der Waals surface area contributed by atoms with Crippen LogP contribution in [0.4, 0.5) is 0 Å². The highest BCUT2D eigenvalue weighted by Gasteiger charge is 2.39. The van der Waals surface area contributed by atoms with Crippen LogP contribution in [0.2, 0.25) is 0 Å². The fraction of sp³-hybridized carbons (Fsp3) is 0.538. The zero-order valence-electron chi connectivity index (χ0n) is 10.0. The van der Waals surface area contributed by atoms with Crippen molar-refractivity contribution >= 4 is 15.9 Å². The first-order valence-corrected chi connectivity index (χ1v) is 6.36. The second-order valence-corrected chi connectivity index (χ2v) is 6.25. The van der Waals surface area contributed by atoms with Crippen LogP contribution in [0.25, 0.3) is 0 Å². The second-order valence-electron chi connectivity index (χ2n) is 5.34. The quantitative estimate of drug-likeness (QED) is 0.901. The molecule has 1 heterocycles. The molecule has 16 heavy (non-hydrogen) atoms. The summed E-state index contributed by atoms with van der Waals surface area (Å²) in [5.41, 5.74) is 1.10. The van der Waals surface area contributed by atoms with E-state index in [4.69, 9.17) is 4.74 Å². The average molecular weight is 284 g/mol. The first-order valence-electron chi connectivity index (χ1n) is 5.56. The molecule has 0 aromatic heterocycles. The Morgan fingerprint density at radius 3 is 2.69 bits per heavy atom. The number of rotatable bonds is 2. The van der Waals surface area contributed by atoms with Crippen LogP contribution < -0.4 is 5.32 Å². The van der Waals surface area contributed by atoms with Crippen molar-refractivity contribution in [3.63, 3.8) is 0 Å². The largest absolute Gasteiger partial charge is 0.359 e. The highest BCUT2D eigenvalue weighted by Crippen LogP contribution is 2.27.